The highest BCUT2D eigenvalue weighted by atomic mass is 32.1. The van der Waals surface area contributed by atoms with Crippen LogP contribution in [0.15, 0.2) is 28.5 Å². The molecule has 2 rings (SSSR count). The lowest BCUT2D eigenvalue weighted by atomic mass is 9.84. The highest BCUT2D eigenvalue weighted by molar-refractivity contribution is 7.11. The summed E-state index contributed by atoms with van der Waals surface area (Å²) in [7, 11) is 0. The van der Waals surface area contributed by atoms with E-state index in [9.17, 15) is 9.59 Å². The van der Waals surface area contributed by atoms with Gasteiger partial charge in [-0.3, -0.25) is 9.59 Å². The number of thiazole rings is 1. The number of rotatable bonds is 3. The first-order chi connectivity index (χ1) is 8.91. The fourth-order valence-electron chi connectivity index (χ4n) is 2.21. The van der Waals surface area contributed by atoms with Crippen molar-refractivity contribution in [1.82, 2.24) is 4.98 Å². The molecule has 1 aliphatic rings. The van der Waals surface area contributed by atoms with Gasteiger partial charge in [0, 0.05) is 39.8 Å². The number of Topliss-reactive ketones (excluding diaryl/α,β-unsaturated/α-hetero) is 2. The van der Waals surface area contributed by atoms with Gasteiger partial charge in [0.1, 0.15) is 0 Å². The molecule has 0 spiro atoms. The molecule has 3 nitrogen and oxygen atoms in total. The molecule has 0 radical (unpaired) electrons. The molecule has 0 fully saturated rings. The molecular weight excluding hydrogens is 258 g/mol. The first-order valence-corrected chi connectivity index (χ1v) is 7.11. The molecule has 0 saturated heterocycles. The minimum atomic E-state index is 0.00224. The molecule has 19 heavy (non-hydrogen) atoms. The Kier molecular flexibility index (Phi) is 3.80. The molecule has 0 saturated carbocycles. The van der Waals surface area contributed by atoms with Gasteiger partial charge >= 0.3 is 0 Å². The summed E-state index contributed by atoms with van der Waals surface area (Å²) in [5, 5.41) is 1.02. The minimum Gasteiger partial charge on any atom is -0.289 e. The second-order valence-corrected chi connectivity index (χ2v) is 6.20. The highest BCUT2D eigenvalue weighted by Crippen LogP contribution is 2.27. The smallest absolute Gasteiger partial charge is 0.185 e. The van der Waals surface area contributed by atoms with E-state index in [1.807, 2.05) is 13.1 Å². The number of carbonyl (C=O) groups is 2. The monoisotopic (exact) mass is 275 g/mol. The van der Waals surface area contributed by atoms with Crippen LogP contribution >= 0.6 is 11.3 Å². The van der Waals surface area contributed by atoms with E-state index in [0.717, 1.165) is 11.4 Å². The molecule has 100 valence electrons. The summed E-state index contributed by atoms with van der Waals surface area (Å²) in [5.74, 6) is 0.0188. The van der Waals surface area contributed by atoms with Gasteiger partial charge in [0.15, 0.2) is 11.6 Å². The zero-order valence-electron chi connectivity index (χ0n) is 11.7. The van der Waals surface area contributed by atoms with Gasteiger partial charge in [-0.05, 0) is 34.1 Å². The molecule has 0 amide bonds. The number of carbonyl (C=O) groups excluding carboxylic acids is 2. The normalized spacial score (nSPS) is 16.6. The molecule has 0 bridgehead atoms. The van der Waals surface area contributed by atoms with Crippen molar-refractivity contribution in [3.05, 3.63) is 38.4 Å². The van der Waals surface area contributed by atoms with Crippen molar-refractivity contribution in [3.63, 3.8) is 0 Å². The van der Waals surface area contributed by atoms with Crippen LogP contribution in [0.1, 0.15) is 37.1 Å². The molecule has 1 aromatic heterocycles. The summed E-state index contributed by atoms with van der Waals surface area (Å²) in [4.78, 5) is 29.7. The van der Waals surface area contributed by atoms with Crippen molar-refractivity contribution in [2.45, 2.75) is 40.5 Å². The first kappa shape index (κ1) is 13.9. The van der Waals surface area contributed by atoms with Gasteiger partial charge in [-0.25, -0.2) is 4.98 Å². The average Bonchev–Trinajstić information content (AvgIpc) is 2.80. The highest BCUT2D eigenvalue weighted by Gasteiger charge is 2.27. The molecule has 1 heterocycles. The lowest BCUT2D eigenvalue weighted by molar-refractivity contribution is -0.116. The Bertz CT molecular complexity index is 620. The topological polar surface area (TPSA) is 47.0 Å². The van der Waals surface area contributed by atoms with Crippen molar-refractivity contribution in [1.29, 1.82) is 0 Å². The van der Waals surface area contributed by atoms with Crippen LogP contribution in [0.4, 0.5) is 0 Å². The zero-order valence-corrected chi connectivity index (χ0v) is 12.5. The maximum atomic E-state index is 12.2. The van der Waals surface area contributed by atoms with Gasteiger partial charge in [0.25, 0.3) is 0 Å². The zero-order chi connectivity index (χ0) is 14.2. The van der Waals surface area contributed by atoms with Crippen LogP contribution < -0.4 is 0 Å². The Hall–Kier alpha value is -1.55. The summed E-state index contributed by atoms with van der Waals surface area (Å²) >= 11 is 1.64. The number of hydrogen-bond donors (Lipinski definition) is 0. The number of aromatic nitrogens is 1. The number of ketones is 2. The quantitative estimate of drug-likeness (QED) is 0.796. The number of aryl methyl sites for hydroxylation is 2. The average molecular weight is 275 g/mol. The lowest BCUT2D eigenvalue weighted by Gasteiger charge is -2.18. The molecule has 0 atom stereocenters. The number of hydrogen-bond acceptors (Lipinski definition) is 4. The van der Waals surface area contributed by atoms with Crippen molar-refractivity contribution in [2.75, 3.05) is 0 Å². The third-order valence-electron chi connectivity index (χ3n) is 3.57. The van der Waals surface area contributed by atoms with E-state index >= 15 is 0 Å². The maximum absolute atomic E-state index is 12.2. The lowest BCUT2D eigenvalue weighted by Crippen LogP contribution is -2.21. The van der Waals surface area contributed by atoms with Crippen LogP contribution in [0.25, 0.3) is 0 Å². The Morgan fingerprint density at radius 2 is 1.58 bits per heavy atom. The summed E-state index contributed by atoms with van der Waals surface area (Å²) in [6, 6.07) is 0. The Morgan fingerprint density at radius 1 is 0.947 bits per heavy atom. The van der Waals surface area contributed by atoms with Crippen LogP contribution in [0, 0.1) is 6.92 Å². The van der Waals surface area contributed by atoms with Gasteiger partial charge in [0.2, 0.25) is 0 Å². The molecular formula is C15H17NO2S. The van der Waals surface area contributed by atoms with E-state index < -0.39 is 0 Å². The number of nitrogens with zero attached hydrogens (tertiary/aromatic N) is 1. The third kappa shape index (κ3) is 2.59. The fourth-order valence-corrected chi connectivity index (χ4v) is 2.99. The van der Waals surface area contributed by atoms with Crippen molar-refractivity contribution in [2.24, 2.45) is 0 Å². The van der Waals surface area contributed by atoms with Gasteiger partial charge in [-0.1, -0.05) is 0 Å². The van der Waals surface area contributed by atoms with E-state index in [4.69, 9.17) is 0 Å². The Balaban J connectivity index is 2.20. The summed E-state index contributed by atoms with van der Waals surface area (Å²) < 4.78 is 0. The summed E-state index contributed by atoms with van der Waals surface area (Å²) in [6.45, 7) is 7.21. The van der Waals surface area contributed by atoms with Crippen LogP contribution in [0.3, 0.4) is 0 Å². The largest absolute Gasteiger partial charge is 0.289 e. The van der Waals surface area contributed by atoms with E-state index in [1.54, 1.807) is 32.1 Å². The van der Waals surface area contributed by atoms with Gasteiger partial charge < -0.3 is 0 Å². The third-order valence-corrected chi connectivity index (χ3v) is 4.54. The van der Waals surface area contributed by atoms with Crippen molar-refractivity contribution in [3.8, 4) is 0 Å². The Morgan fingerprint density at radius 3 is 2.16 bits per heavy atom. The van der Waals surface area contributed by atoms with Gasteiger partial charge in [0.05, 0.1) is 5.01 Å². The summed E-state index contributed by atoms with van der Waals surface area (Å²) in [6.07, 6.45) is 3.15. The summed E-state index contributed by atoms with van der Waals surface area (Å²) in [5.41, 5.74) is 2.42. The van der Waals surface area contributed by atoms with Crippen LogP contribution in [-0.4, -0.2) is 16.6 Å². The van der Waals surface area contributed by atoms with E-state index in [1.165, 1.54) is 4.88 Å². The molecule has 4 heteroatoms. The first-order valence-electron chi connectivity index (χ1n) is 6.29. The van der Waals surface area contributed by atoms with Crippen LogP contribution in [-0.2, 0) is 16.0 Å². The Labute approximate surface area is 117 Å². The second-order valence-electron chi connectivity index (χ2n) is 4.88. The van der Waals surface area contributed by atoms with E-state index in [0.29, 0.717) is 28.7 Å². The SMILES string of the molecule is CC1=C(C)C(=O)C(CCc2ncc(C)s2)=C(C)C1=O. The van der Waals surface area contributed by atoms with Gasteiger partial charge in [-0.2, -0.15) is 0 Å². The molecule has 0 aromatic carbocycles. The molecule has 0 aliphatic heterocycles. The fraction of sp³-hybridized carbons (Fsp3) is 0.400. The van der Waals surface area contributed by atoms with Crippen LogP contribution in [0.2, 0.25) is 0 Å². The van der Waals surface area contributed by atoms with Crippen molar-refractivity contribution < 1.29 is 9.59 Å². The predicted octanol–water partition coefficient (Wildman–Crippen LogP) is 3.19. The predicted molar refractivity (Wildman–Crippen MR) is 76.3 cm³/mol. The molecule has 1 aromatic rings. The van der Waals surface area contributed by atoms with E-state index in [-0.39, 0.29) is 11.6 Å². The van der Waals surface area contributed by atoms with Gasteiger partial charge in [-0.15, -0.1) is 11.3 Å². The van der Waals surface area contributed by atoms with Crippen molar-refractivity contribution >= 4 is 22.9 Å². The molecule has 0 unspecified atom stereocenters. The number of allylic oxidation sites excluding steroid dienone is 4. The molecule has 0 N–H and O–H groups in total. The maximum Gasteiger partial charge on any atom is 0.185 e. The minimum absolute atomic E-state index is 0.00224. The van der Waals surface area contributed by atoms with E-state index in [2.05, 4.69) is 4.98 Å². The molecule has 1 aliphatic carbocycles. The standard InChI is InChI=1S/C15H17NO2S/c1-8-7-16-13(19-8)6-5-12-11(4)14(17)9(2)10(3)15(12)18/h7H,5-6H2,1-4H3. The second kappa shape index (κ2) is 5.21. The van der Waals surface area contributed by atoms with Crippen LogP contribution in [0.5, 0.6) is 0 Å².